The molecule has 0 aliphatic carbocycles. The molecule has 0 radical (unpaired) electrons. The van der Waals surface area contributed by atoms with E-state index in [0.29, 0.717) is 16.5 Å². The Balaban J connectivity index is 2.88. The van der Waals surface area contributed by atoms with E-state index in [4.69, 9.17) is 0 Å². The number of hydrogen-bond acceptors (Lipinski definition) is 3. The van der Waals surface area contributed by atoms with E-state index in [0.717, 1.165) is 6.42 Å². The number of nitro groups is 1. The Morgan fingerprint density at radius 2 is 2.22 bits per heavy atom. The van der Waals surface area contributed by atoms with Gasteiger partial charge in [0.05, 0.1) is 4.92 Å². The molecule has 1 rings (SSSR count). The van der Waals surface area contributed by atoms with Gasteiger partial charge in [0.25, 0.3) is 11.6 Å². The molecule has 1 amide bonds. The van der Waals surface area contributed by atoms with Crippen LogP contribution >= 0.6 is 15.9 Å². The summed E-state index contributed by atoms with van der Waals surface area (Å²) in [5.74, 6) is -0.209. The second kappa shape index (κ2) is 6.49. The number of carbonyl (C=O) groups is 1. The van der Waals surface area contributed by atoms with Gasteiger partial charge in [-0.05, 0) is 25.5 Å². The SMILES string of the molecule is CCC(CBr)NC(=O)c1ccc([N+](=O)[O-])c(C)c1. The smallest absolute Gasteiger partial charge is 0.272 e. The number of aryl methyl sites for hydroxylation is 1. The molecule has 1 aromatic rings. The molecule has 0 fully saturated rings. The first kappa shape index (κ1) is 14.6. The summed E-state index contributed by atoms with van der Waals surface area (Å²) in [6.07, 6.45) is 0.822. The summed E-state index contributed by atoms with van der Waals surface area (Å²) in [6.45, 7) is 3.60. The van der Waals surface area contributed by atoms with Crippen LogP contribution in [0.4, 0.5) is 5.69 Å². The van der Waals surface area contributed by atoms with Crippen molar-refractivity contribution in [2.45, 2.75) is 26.3 Å². The fourth-order valence-electron chi connectivity index (χ4n) is 1.52. The molecule has 0 saturated carbocycles. The van der Waals surface area contributed by atoms with Gasteiger partial charge in [0, 0.05) is 28.6 Å². The highest BCUT2D eigenvalue weighted by atomic mass is 79.9. The molecule has 1 aromatic carbocycles. The summed E-state index contributed by atoms with van der Waals surface area (Å²) in [5.41, 5.74) is 0.955. The maximum atomic E-state index is 11.9. The van der Waals surface area contributed by atoms with E-state index in [1.165, 1.54) is 18.2 Å². The molecule has 1 unspecified atom stereocenters. The molecule has 0 aliphatic heterocycles. The van der Waals surface area contributed by atoms with Crippen molar-refractivity contribution < 1.29 is 9.72 Å². The van der Waals surface area contributed by atoms with Gasteiger partial charge in [-0.3, -0.25) is 14.9 Å². The van der Waals surface area contributed by atoms with Crippen LogP contribution in [0.2, 0.25) is 0 Å². The molecular weight excluding hydrogens is 300 g/mol. The van der Waals surface area contributed by atoms with E-state index >= 15 is 0 Å². The van der Waals surface area contributed by atoms with Gasteiger partial charge in [-0.2, -0.15) is 0 Å². The Labute approximate surface area is 114 Å². The monoisotopic (exact) mass is 314 g/mol. The predicted molar refractivity (Wildman–Crippen MR) is 73.2 cm³/mol. The predicted octanol–water partition coefficient (Wildman–Crippen LogP) is 2.81. The minimum absolute atomic E-state index is 0.0269. The number of alkyl halides is 1. The first-order chi connectivity index (χ1) is 8.49. The van der Waals surface area contributed by atoms with Gasteiger partial charge in [-0.25, -0.2) is 0 Å². The lowest BCUT2D eigenvalue weighted by atomic mass is 10.1. The summed E-state index contributed by atoms with van der Waals surface area (Å²) >= 11 is 3.32. The van der Waals surface area contributed by atoms with Crippen molar-refractivity contribution in [1.29, 1.82) is 0 Å². The number of nitrogens with zero attached hydrogens (tertiary/aromatic N) is 1. The topological polar surface area (TPSA) is 72.2 Å². The number of halogens is 1. The lowest BCUT2D eigenvalue weighted by Gasteiger charge is -2.14. The number of benzene rings is 1. The Kier molecular flexibility index (Phi) is 5.27. The summed E-state index contributed by atoms with van der Waals surface area (Å²) in [7, 11) is 0. The van der Waals surface area contributed by atoms with E-state index in [2.05, 4.69) is 21.2 Å². The molecule has 0 aliphatic rings. The largest absolute Gasteiger partial charge is 0.348 e. The molecule has 0 spiro atoms. The molecule has 0 heterocycles. The average Bonchev–Trinajstić information content (AvgIpc) is 2.34. The van der Waals surface area contributed by atoms with E-state index < -0.39 is 4.92 Å². The molecule has 6 heteroatoms. The summed E-state index contributed by atoms with van der Waals surface area (Å²) < 4.78 is 0. The first-order valence-corrected chi connectivity index (χ1v) is 6.73. The summed E-state index contributed by atoms with van der Waals surface area (Å²) in [6, 6.07) is 4.43. The minimum Gasteiger partial charge on any atom is -0.348 e. The molecule has 5 nitrogen and oxygen atoms in total. The Morgan fingerprint density at radius 1 is 1.56 bits per heavy atom. The second-order valence-corrected chi connectivity index (χ2v) is 4.64. The molecule has 1 atom stereocenters. The lowest BCUT2D eigenvalue weighted by molar-refractivity contribution is -0.385. The van der Waals surface area contributed by atoms with Gasteiger partial charge >= 0.3 is 0 Å². The van der Waals surface area contributed by atoms with Gasteiger partial charge in [0.2, 0.25) is 0 Å². The van der Waals surface area contributed by atoms with Crippen LogP contribution in [0.25, 0.3) is 0 Å². The molecular formula is C12H15BrN2O3. The van der Waals surface area contributed by atoms with E-state index in [1.807, 2.05) is 6.92 Å². The molecule has 98 valence electrons. The van der Waals surface area contributed by atoms with Crippen LogP contribution < -0.4 is 5.32 Å². The van der Waals surface area contributed by atoms with Crippen LogP contribution in [0.3, 0.4) is 0 Å². The highest BCUT2D eigenvalue weighted by Crippen LogP contribution is 2.18. The van der Waals surface area contributed by atoms with Gasteiger partial charge in [0.1, 0.15) is 0 Å². The van der Waals surface area contributed by atoms with Crippen molar-refractivity contribution in [3.63, 3.8) is 0 Å². The van der Waals surface area contributed by atoms with Crippen LogP contribution in [0, 0.1) is 17.0 Å². The van der Waals surface area contributed by atoms with Crippen molar-refractivity contribution in [2.24, 2.45) is 0 Å². The van der Waals surface area contributed by atoms with Crippen molar-refractivity contribution in [3.05, 3.63) is 39.4 Å². The Morgan fingerprint density at radius 3 is 2.67 bits per heavy atom. The lowest BCUT2D eigenvalue weighted by Crippen LogP contribution is -2.35. The standard InChI is InChI=1S/C12H15BrN2O3/c1-3-10(7-13)14-12(16)9-4-5-11(15(17)18)8(2)6-9/h4-6,10H,3,7H2,1-2H3,(H,14,16). The molecule has 18 heavy (non-hydrogen) atoms. The maximum Gasteiger partial charge on any atom is 0.272 e. The number of amides is 1. The summed E-state index contributed by atoms with van der Waals surface area (Å²) in [5, 5.41) is 14.2. The Bertz CT molecular complexity index is 459. The zero-order valence-corrected chi connectivity index (χ0v) is 11.9. The van der Waals surface area contributed by atoms with Crippen LogP contribution in [0.1, 0.15) is 29.3 Å². The van der Waals surface area contributed by atoms with Crippen LogP contribution in [-0.4, -0.2) is 22.2 Å². The van der Waals surface area contributed by atoms with Gasteiger partial charge in [0.15, 0.2) is 0 Å². The molecule has 0 bridgehead atoms. The van der Waals surface area contributed by atoms with Crippen molar-refractivity contribution in [2.75, 3.05) is 5.33 Å². The highest BCUT2D eigenvalue weighted by molar-refractivity contribution is 9.09. The normalized spacial score (nSPS) is 11.9. The Hall–Kier alpha value is -1.43. The van der Waals surface area contributed by atoms with Crippen molar-refractivity contribution in [3.8, 4) is 0 Å². The van der Waals surface area contributed by atoms with Gasteiger partial charge in [-0.15, -0.1) is 0 Å². The third-order valence-electron chi connectivity index (χ3n) is 2.67. The van der Waals surface area contributed by atoms with Gasteiger partial charge < -0.3 is 5.32 Å². The van der Waals surface area contributed by atoms with E-state index in [9.17, 15) is 14.9 Å². The quantitative estimate of drug-likeness (QED) is 0.516. The number of nitro benzene ring substituents is 1. The molecule has 0 aromatic heterocycles. The van der Waals surface area contributed by atoms with Crippen LogP contribution in [0.5, 0.6) is 0 Å². The molecule has 0 saturated heterocycles. The molecule has 1 N–H and O–H groups in total. The second-order valence-electron chi connectivity index (χ2n) is 3.99. The third kappa shape index (κ3) is 3.53. The number of rotatable bonds is 5. The summed E-state index contributed by atoms with van der Waals surface area (Å²) in [4.78, 5) is 22.1. The highest BCUT2D eigenvalue weighted by Gasteiger charge is 2.15. The maximum absolute atomic E-state index is 11.9. The zero-order valence-electron chi connectivity index (χ0n) is 10.3. The minimum atomic E-state index is -0.454. The number of nitrogens with one attached hydrogen (secondary N) is 1. The number of hydrogen-bond donors (Lipinski definition) is 1. The van der Waals surface area contributed by atoms with E-state index in [1.54, 1.807) is 6.92 Å². The third-order valence-corrected chi connectivity index (χ3v) is 3.45. The number of carbonyl (C=O) groups excluding carboxylic acids is 1. The zero-order chi connectivity index (χ0) is 13.7. The average molecular weight is 315 g/mol. The fourth-order valence-corrected chi connectivity index (χ4v) is 2.14. The van der Waals surface area contributed by atoms with Crippen LogP contribution in [-0.2, 0) is 0 Å². The van der Waals surface area contributed by atoms with Crippen LogP contribution in [0.15, 0.2) is 18.2 Å². The van der Waals surface area contributed by atoms with E-state index in [-0.39, 0.29) is 17.6 Å². The first-order valence-electron chi connectivity index (χ1n) is 5.61. The fraction of sp³-hybridized carbons (Fsp3) is 0.417. The van der Waals surface area contributed by atoms with Gasteiger partial charge in [-0.1, -0.05) is 22.9 Å². The van der Waals surface area contributed by atoms with Crippen molar-refractivity contribution >= 4 is 27.5 Å². The van der Waals surface area contributed by atoms with Crippen molar-refractivity contribution in [1.82, 2.24) is 5.32 Å².